The van der Waals surface area contributed by atoms with Gasteiger partial charge in [-0.2, -0.15) is 0 Å². The van der Waals surface area contributed by atoms with Crippen LogP contribution < -0.4 is 24.8 Å². The van der Waals surface area contributed by atoms with Crippen molar-refractivity contribution in [1.29, 1.82) is 0 Å². The molecule has 0 spiro atoms. The number of esters is 1. The van der Waals surface area contributed by atoms with Gasteiger partial charge in [-0.25, -0.2) is 17.9 Å². The Morgan fingerprint density at radius 2 is 1.41 bits per heavy atom. The van der Waals surface area contributed by atoms with Gasteiger partial charge in [0.25, 0.3) is 27.7 Å². The van der Waals surface area contributed by atoms with E-state index in [4.69, 9.17) is 21.1 Å². The highest BCUT2D eigenvalue weighted by molar-refractivity contribution is 7.90. The summed E-state index contributed by atoms with van der Waals surface area (Å²) in [7, 11) is -4.44. The van der Waals surface area contributed by atoms with Crippen molar-refractivity contribution < 1.29 is 37.1 Å². The van der Waals surface area contributed by atoms with Crippen molar-refractivity contribution in [1.82, 2.24) is 20.3 Å². The van der Waals surface area contributed by atoms with Gasteiger partial charge in [0.1, 0.15) is 35.2 Å². The van der Waals surface area contributed by atoms with Crippen molar-refractivity contribution in [2.24, 2.45) is 0 Å². The maximum absolute atomic E-state index is 12.9. The van der Waals surface area contributed by atoms with E-state index in [9.17, 15) is 27.6 Å². The molecule has 44 heavy (non-hydrogen) atoms. The second-order valence-corrected chi connectivity index (χ2v) is 11.0. The third-order valence-corrected chi connectivity index (χ3v) is 7.55. The molecule has 4 aromatic rings. The van der Waals surface area contributed by atoms with Crippen LogP contribution in [0.4, 0.5) is 0 Å². The molecule has 0 bridgehead atoms. The molecule has 3 aromatic carbocycles. The van der Waals surface area contributed by atoms with Crippen LogP contribution in [0.25, 0.3) is 0 Å². The maximum atomic E-state index is 12.9. The van der Waals surface area contributed by atoms with Crippen LogP contribution in [-0.4, -0.2) is 56.8 Å². The molecule has 0 aliphatic heterocycles. The summed E-state index contributed by atoms with van der Waals surface area (Å²) >= 11 is 6.16. The summed E-state index contributed by atoms with van der Waals surface area (Å²) in [5, 5.41) is 4.71. The standard InChI is InChI=1S/C30H25ClN4O8S/c31-24-17-20(28(37)32-15-16-42-22-7-3-1-4-8-22)12-14-26(24)44(40,41)35-29(38)21-11-13-25(33-18-21)30(39)34-19-27(36)43-23-9-5-2-6-10-23/h1-14,17-18H,15-16,19H2,(H,32,37)(H,34,39)(H,35,38). The average Bonchev–Trinajstić information content (AvgIpc) is 3.02. The van der Waals surface area contributed by atoms with E-state index < -0.39 is 45.2 Å². The molecule has 0 radical (unpaired) electrons. The minimum Gasteiger partial charge on any atom is -0.492 e. The maximum Gasteiger partial charge on any atom is 0.330 e. The number of carbonyl (C=O) groups is 4. The van der Waals surface area contributed by atoms with E-state index in [1.54, 1.807) is 42.5 Å². The molecule has 0 atom stereocenters. The predicted octanol–water partition coefficient (Wildman–Crippen LogP) is 3.00. The van der Waals surface area contributed by atoms with Crippen LogP contribution >= 0.6 is 11.6 Å². The smallest absolute Gasteiger partial charge is 0.330 e. The third-order valence-electron chi connectivity index (χ3n) is 5.74. The lowest BCUT2D eigenvalue weighted by atomic mass is 10.2. The Kier molecular flexibility index (Phi) is 10.6. The second-order valence-electron chi connectivity index (χ2n) is 8.90. The zero-order chi connectivity index (χ0) is 31.5. The number of ether oxygens (including phenoxy) is 2. The van der Waals surface area contributed by atoms with E-state index >= 15 is 0 Å². The molecule has 1 aromatic heterocycles. The van der Waals surface area contributed by atoms with Gasteiger partial charge in [-0.05, 0) is 54.6 Å². The van der Waals surface area contributed by atoms with Gasteiger partial charge in [0.05, 0.1) is 17.1 Å². The Balaban J connectivity index is 1.28. The Labute approximate surface area is 257 Å². The topological polar surface area (TPSA) is 170 Å². The number of halogens is 1. The number of pyridine rings is 1. The fourth-order valence-electron chi connectivity index (χ4n) is 3.61. The number of benzene rings is 3. The van der Waals surface area contributed by atoms with Crippen LogP contribution in [0.15, 0.2) is 102 Å². The van der Waals surface area contributed by atoms with Crippen LogP contribution in [0.2, 0.25) is 5.02 Å². The van der Waals surface area contributed by atoms with E-state index in [0.29, 0.717) is 11.5 Å². The Morgan fingerprint density at radius 1 is 0.750 bits per heavy atom. The fourth-order valence-corrected chi connectivity index (χ4v) is 5.13. The number of amides is 3. The van der Waals surface area contributed by atoms with E-state index in [2.05, 4.69) is 15.6 Å². The van der Waals surface area contributed by atoms with Crippen molar-refractivity contribution in [2.45, 2.75) is 4.90 Å². The summed E-state index contributed by atoms with van der Waals surface area (Å²) in [6.45, 7) is -0.0254. The molecule has 0 aliphatic rings. The molecular formula is C30H25ClN4O8S. The van der Waals surface area contributed by atoms with Crippen LogP contribution in [0.1, 0.15) is 31.2 Å². The molecule has 1 heterocycles. The SMILES string of the molecule is O=C(CNC(=O)c1ccc(C(=O)NS(=O)(=O)c2ccc(C(=O)NCCOc3ccccc3)cc2Cl)cn1)Oc1ccccc1. The number of hydrogen-bond acceptors (Lipinski definition) is 9. The number of rotatable bonds is 12. The van der Waals surface area contributed by atoms with E-state index in [1.807, 2.05) is 22.9 Å². The number of aromatic nitrogens is 1. The summed E-state index contributed by atoms with van der Waals surface area (Å²) in [5.74, 6) is -1.98. The quantitative estimate of drug-likeness (QED) is 0.120. The van der Waals surface area contributed by atoms with Crippen molar-refractivity contribution >= 4 is 45.3 Å². The van der Waals surface area contributed by atoms with Gasteiger partial charge in [-0.1, -0.05) is 48.0 Å². The Hall–Kier alpha value is -5.27. The lowest BCUT2D eigenvalue weighted by molar-refractivity contribution is -0.133. The Bertz CT molecular complexity index is 1750. The number of sulfonamides is 1. The number of nitrogens with one attached hydrogen (secondary N) is 3. The molecule has 0 fully saturated rings. The number of para-hydroxylation sites is 2. The summed E-state index contributed by atoms with van der Waals surface area (Å²) in [4.78, 5) is 52.7. The monoisotopic (exact) mass is 636 g/mol. The summed E-state index contributed by atoms with van der Waals surface area (Å²) in [6.07, 6.45) is 0.999. The minimum atomic E-state index is -4.44. The van der Waals surface area contributed by atoms with Gasteiger partial charge in [-0.3, -0.25) is 19.4 Å². The highest BCUT2D eigenvalue weighted by Gasteiger charge is 2.23. The largest absolute Gasteiger partial charge is 0.492 e. The highest BCUT2D eigenvalue weighted by Crippen LogP contribution is 2.23. The van der Waals surface area contributed by atoms with Crippen molar-refractivity contribution in [2.75, 3.05) is 19.7 Å². The number of hydrogen-bond donors (Lipinski definition) is 3. The Morgan fingerprint density at radius 3 is 2.05 bits per heavy atom. The molecule has 4 rings (SSSR count). The lowest BCUT2D eigenvalue weighted by Gasteiger charge is -2.11. The molecule has 226 valence electrons. The highest BCUT2D eigenvalue weighted by atomic mass is 35.5. The van der Waals surface area contributed by atoms with Gasteiger partial charge >= 0.3 is 5.97 Å². The van der Waals surface area contributed by atoms with Crippen molar-refractivity contribution in [3.8, 4) is 11.5 Å². The van der Waals surface area contributed by atoms with Gasteiger partial charge in [0.15, 0.2) is 0 Å². The molecule has 0 saturated carbocycles. The molecular weight excluding hydrogens is 612 g/mol. The van der Waals surface area contributed by atoms with E-state index in [0.717, 1.165) is 12.3 Å². The first kappa shape index (κ1) is 31.7. The average molecular weight is 637 g/mol. The van der Waals surface area contributed by atoms with Crippen LogP contribution in [0.3, 0.4) is 0 Å². The summed E-state index contributed by atoms with van der Waals surface area (Å²) in [6, 6.07) is 23.2. The first-order valence-electron chi connectivity index (χ1n) is 12.9. The van der Waals surface area contributed by atoms with Crippen LogP contribution in [0.5, 0.6) is 11.5 Å². The first-order valence-corrected chi connectivity index (χ1v) is 14.8. The normalized spacial score (nSPS) is 10.8. The molecule has 0 aliphatic carbocycles. The van der Waals surface area contributed by atoms with Gasteiger partial charge in [0.2, 0.25) is 0 Å². The first-order chi connectivity index (χ1) is 21.1. The third kappa shape index (κ3) is 8.86. The molecule has 0 unspecified atom stereocenters. The fraction of sp³-hybridized carbons (Fsp3) is 0.100. The molecule has 3 N–H and O–H groups in total. The van der Waals surface area contributed by atoms with Gasteiger partial charge in [0, 0.05) is 11.8 Å². The molecule has 3 amide bonds. The van der Waals surface area contributed by atoms with E-state index in [1.165, 1.54) is 24.3 Å². The van der Waals surface area contributed by atoms with Crippen molar-refractivity contribution in [3.63, 3.8) is 0 Å². The van der Waals surface area contributed by atoms with E-state index in [-0.39, 0.29) is 35.0 Å². The number of carbonyl (C=O) groups excluding carboxylic acids is 4. The zero-order valence-electron chi connectivity index (χ0n) is 22.9. The molecule has 12 nitrogen and oxygen atoms in total. The number of nitrogens with zero attached hydrogens (tertiary/aromatic N) is 1. The second kappa shape index (κ2) is 14.8. The lowest BCUT2D eigenvalue weighted by Crippen LogP contribution is -2.33. The summed E-state index contributed by atoms with van der Waals surface area (Å²) < 4.78 is 38.2. The van der Waals surface area contributed by atoms with Gasteiger partial charge in [-0.15, -0.1) is 0 Å². The molecule has 0 saturated heterocycles. The zero-order valence-corrected chi connectivity index (χ0v) is 24.4. The minimum absolute atomic E-state index is 0.103. The van der Waals surface area contributed by atoms with Crippen LogP contribution in [0, 0.1) is 0 Å². The van der Waals surface area contributed by atoms with Crippen molar-refractivity contribution in [3.05, 3.63) is 119 Å². The van der Waals surface area contributed by atoms with Crippen LogP contribution in [-0.2, 0) is 14.8 Å². The molecule has 14 heteroatoms. The predicted molar refractivity (Wildman–Crippen MR) is 159 cm³/mol. The summed E-state index contributed by atoms with van der Waals surface area (Å²) in [5.41, 5.74) is -0.190. The van der Waals surface area contributed by atoms with Gasteiger partial charge < -0.3 is 20.1 Å².